The van der Waals surface area contributed by atoms with Crippen molar-refractivity contribution in [3.8, 4) is 5.75 Å². The Hall–Kier alpha value is -1.75. The zero-order valence-corrected chi connectivity index (χ0v) is 19.2. The van der Waals surface area contributed by atoms with Crippen LogP contribution in [0.25, 0.3) is 0 Å². The van der Waals surface area contributed by atoms with E-state index in [4.69, 9.17) is 9.47 Å². The molecule has 2 N–H and O–H groups in total. The van der Waals surface area contributed by atoms with Crippen molar-refractivity contribution < 1.29 is 19.4 Å². The van der Waals surface area contributed by atoms with E-state index in [2.05, 4.69) is 12.2 Å². The Morgan fingerprint density at radius 3 is 2.24 bits per heavy atom. The van der Waals surface area contributed by atoms with Crippen molar-refractivity contribution in [3.05, 3.63) is 29.8 Å². The van der Waals surface area contributed by atoms with Gasteiger partial charge in [-0.05, 0) is 71.6 Å². The van der Waals surface area contributed by atoms with E-state index in [0.717, 1.165) is 30.8 Å². The topological polar surface area (TPSA) is 67.8 Å². The summed E-state index contributed by atoms with van der Waals surface area (Å²) in [7, 11) is 0. The van der Waals surface area contributed by atoms with E-state index in [0.29, 0.717) is 6.42 Å². The molecule has 0 aromatic heterocycles. The average molecular weight is 408 g/mol. The van der Waals surface area contributed by atoms with Crippen LogP contribution in [0.4, 0.5) is 4.79 Å². The van der Waals surface area contributed by atoms with E-state index < -0.39 is 23.3 Å². The van der Waals surface area contributed by atoms with E-state index in [1.807, 2.05) is 52.0 Å². The normalized spacial score (nSPS) is 14.7. The van der Waals surface area contributed by atoms with Gasteiger partial charge in [-0.3, -0.25) is 0 Å². The molecule has 5 nitrogen and oxygen atoms in total. The number of alkyl carbamates (subject to hydrolysis) is 1. The number of aliphatic hydroxyl groups is 1. The summed E-state index contributed by atoms with van der Waals surface area (Å²) >= 11 is 0. The first kappa shape index (κ1) is 25.3. The molecular weight excluding hydrogens is 366 g/mol. The lowest BCUT2D eigenvalue weighted by molar-refractivity contribution is 0.0276. The number of benzene rings is 1. The number of hydrogen-bond donors (Lipinski definition) is 2. The molecule has 0 aliphatic carbocycles. The fraction of sp³-hybridized carbons (Fsp3) is 0.708. The smallest absolute Gasteiger partial charge is 0.408 e. The molecule has 0 spiro atoms. The van der Waals surface area contributed by atoms with Gasteiger partial charge in [0, 0.05) is 0 Å². The van der Waals surface area contributed by atoms with Crippen LogP contribution in [0.3, 0.4) is 0 Å². The van der Waals surface area contributed by atoms with Gasteiger partial charge in [0.25, 0.3) is 0 Å². The van der Waals surface area contributed by atoms with Gasteiger partial charge in [0.1, 0.15) is 11.4 Å². The molecule has 0 saturated carbocycles. The molecule has 0 bridgehead atoms. The van der Waals surface area contributed by atoms with Crippen LogP contribution in [0.1, 0.15) is 85.6 Å². The quantitative estimate of drug-likeness (QED) is 0.440. The number of rotatable bonds is 12. The average Bonchev–Trinajstić information content (AvgIpc) is 2.62. The van der Waals surface area contributed by atoms with Crippen LogP contribution in [0.5, 0.6) is 5.75 Å². The van der Waals surface area contributed by atoms with Crippen LogP contribution in [0.15, 0.2) is 24.3 Å². The van der Waals surface area contributed by atoms with Gasteiger partial charge in [0.15, 0.2) is 0 Å². The summed E-state index contributed by atoms with van der Waals surface area (Å²) < 4.78 is 11.2. The van der Waals surface area contributed by atoms with Gasteiger partial charge in [0.05, 0.1) is 18.2 Å². The minimum absolute atomic E-state index is 0.511. The second-order valence-corrected chi connectivity index (χ2v) is 9.13. The first-order chi connectivity index (χ1) is 13.6. The maximum atomic E-state index is 12.2. The lowest BCUT2D eigenvalue weighted by Gasteiger charge is -2.34. The Labute approximate surface area is 177 Å². The standard InChI is InChI=1S/C24H41NO4/c1-7-8-9-10-11-18-28-21-14-12-20(13-15-21)16-17-24(6,19(2)26)25-22(27)29-23(3,4)5/h12-15,19,26H,7-11,16-18H2,1-6H3,(H,25,27)/t19-,24+/m1/s1. The van der Waals surface area contributed by atoms with E-state index in [9.17, 15) is 9.90 Å². The zero-order chi connectivity index (χ0) is 21.9. The van der Waals surface area contributed by atoms with Crippen molar-refractivity contribution in [1.82, 2.24) is 5.32 Å². The summed E-state index contributed by atoms with van der Waals surface area (Å²) in [6.07, 6.45) is 6.24. The molecule has 0 heterocycles. The maximum absolute atomic E-state index is 12.2. The minimum Gasteiger partial charge on any atom is -0.494 e. The Kier molecular flexibility index (Phi) is 10.5. The SMILES string of the molecule is CCCCCCCOc1ccc(CC[C@](C)(NC(=O)OC(C)(C)C)[C@@H](C)O)cc1. The fourth-order valence-corrected chi connectivity index (χ4v) is 2.96. The Bertz CT molecular complexity index is 592. The van der Waals surface area contributed by atoms with Crippen molar-refractivity contribution in [2.45, 2.75) is 104 Å². The molecule has 166 valence electrons. The minimum atomic E-state index is -0.768. The van der Waals surface area contributed by atoms with Crippen LogP contribution >= 0.6 is 0 Å². The molecule has 0 radical (unpaired) electrons. The van der Waals surface area contributed by atoms with Gasteiger partial charge in [-0.1, -0.05) is 44.7 Å². The number of aryl methyl sites for hydroxylation is 1. The first-order valence-electron chi connectivity index (χ1n) is 11.0. The first-order valence-corrected chi connectivity index (χ1v) is 11.0. The molecular formula is C24H41NO4. The third-order valence-corrected chi connectivity index (χ3v) is 5.08. The lowest BCUT2D eigenvalue weighted by atomic mass is 9.88. The predicted molar refractivity (Wildman–Crippen MR) is 118 cm³/mol. The van der Waals surface area contributed by atoms with E-state index in [1.165, 1.54) is 25.7 Å². The van der Waals surface area contributed by atoms with Gasteiger partial charge in [0.2, 0.25) is 0 Å². The zero-order valence-electron chi connectivity index (χ0n) is 19.2. The fourth-order valence-electron chi connectivity index (χ4n) is 2.96. The number of carbonyl (C=O) groups is 1. The lowest BCUT2D eigenvalue weighted by Crippen LogP contribution is -2.54. The third kappa shape index (κ3) is 10.6. The Balaban J connectivity index is 2.51. The van der Waals surface area contributed by atoms with Crippen LogP contribution in [0.2, 0.25) is 0 Å². The van der Waals surface area contributed by atoms with E-state index in [1.54, 1.807) is 6.92 Å². The second kappa shape index (κ2) is 12.1. The van der Waals surface area contributed by atoms with Crippen molar-refractivity contribution in [3.63, 3.8) is 0 Å². The number of nitrogens with one attached hydrogen (secondary N) is 1. The molecule has 0 fully saturated rings. The summed E-state index contributed by atoms with van der Waals surface area (Å²) in [5, 5.41) is 13.1. The monoisotopic (exact) mass is 407 g/mol. The van der Waals surface area contributed by atoms with Gasteiger partial charge in [-0.25, -0.2) is 4.79 Å². The molecule has 1 aromatic rings. The van der Waals surface area contributed by atoms with Crippen LogP contribution in [-0.2, 0) is 11.2 Å². The molecule has 0 aliphatic heterocycles. The van der Waals surface area contributed by atoms with Gasteiger partial charge in [-0.2, -0.15) is 0 Å². The van der Waals surface area contributed by atoms with Gasteiger partial charge < -0.3 is 19.9 Å². The third-order valence-electron chi connectivity index (χ3n) is 5.08. The van der Waals surface area contributed by atoms with Crippen molar-refractivity contribution in [1.29, 1.82) is 0 Å². The van der Waals surface area contributed by atoms with Crippen molar-refractivity contribution in [2.24, 2.45) is 0 Å². The van der Waals surface area contributed by atoms with Gasteiger partial charge >= 0.3 is 6.09 Å². The van der Waals surface area contributed by atoms with E-state index >= 15 is 0 Å². The Morgan fingerprint density at radius 1 is 1.07 bits per heavy atom. The number of amides is 1. The molecule has 0 saturated heterocycles. The summed E-state index contributed by atoms with van der Waals surface area (Å²) in [5.74, 6) is 0.884. The highest BCUT2D eigenvalue weighted by Gasteiger charge is 2.33. The van der Waals surface area contributed by atoms with Crippen LogP contribution in [-0.4, -0.2) is 35.1 Å². The molecule has 0 unspecified atom stereocenters. The molecule has 29 heavy (non-hydrogen) atoms. The summed E-state index contributed by atoms with van der Waals surface area (Å²) in [5.41, 5.74) is -0.205. The highest BCUT2D eigenvalue weighted by Crippen LogP contribution is 2.21. The maximum Gasteiger partial charge on any atom is 0.408 e. The molecule has 5 heteroatoms. The summed E-state index contributed by atoms with van der Waals surface area (Å²) in [6, 6.07) is 8.06. The second-order valence-electron chi connectivity index (χ2n) is 9.13. The van der Waals surface area contributed by atoms with Gasteiger partial charge in [-0.15, -0.1) is 0 Å². The highest BCUT2D eigenvalue weighted by atomic mass is 16.6. The largest absolute Gasteiger partial charge is 0.494 e. The van der Waals surface area contributed by atoms with Crippen molar-refractivity contribution >= 4 is 6.09 Å². The number of carbonyl (C=O) groups excluding carboxylic acids is 1. The molecule has 2 atom stereocenters. The molecule has 1 aromatic carbocycles. The Morgan fingerprint density at radius 2 is 1.69 bits per heavy atom. The predicted octanol–water partition coefficient (Wildman–Crippen LogP) is 5.63. The molecule has 0 aliphatic rings. The molecule has 1 rings (SSSR count). The summed E-state index contributed by atoms with van der Waals surface area (Å²) in [6.45, 7) is 12.0. The summed E-state index contributed by atoms with van der Waals surface area (Å²) in [4.78, 5) is 12.2. The number of unbranched alkanes of at least 4 members (excludes halogenated alkanes) is 4. The number of ether oxygens (including phenoxy) is 2. The van der Waals surface area contributed by atoms with Crippen molar-refractivity contribution in [2.75, 3.05) is 6.61 Å². The highest BCUT2D eigenvalue weighted by molar-refractivity contribution is 5.68. The van der Waals surface area contributed by atoms with E-state index in [-0.39, 0.29) is 0 Å². The van der Waals surface area contributed by atoms with Crippen LogP contribution in [0, 0.1) is 0 Å². The molecule has 1 amide bonds. The number of hydrogen-bond acceptors (Lipinski definition) is 4. The number of aliphatic hydroxyl groups excluding tert-OH is 1. The van der Waals surface area contributed by atoms with Crippen LogP contribution < -0.4 is 10.1 Å².